The standard InChI is InChI=1S/C30H36BNO6S/c1-4-19(12-20-10-17(2)28(34)18(3)11-20)7-8-25-26-21(16-33)13-23-27(24(26)14-31(37)38-25)30(36)32(29(23)35)15-22-6-5-9-39-22/h5-6,9-12,23-25,27,33-34,37H,4,7-8,13-16H2,1-3H3/b19-12+/t23-,24+,25-,27-/m1/s1. The van der Waals surface area contributed by atoms with Crippen LogP contribution in [0.1, 0.15) is 54.2 Å². The second-order valence-electron chi connectivity index (χ2n) is 11.0. The summed E-state index contributed by atoms with van der Waals surface area (Å²) in [5.41, 5.74) is 5.56. The first-order chi connectivity index (χ1) is 18.7. The fourth-order valence-electron chi connectivity index (χ4n) is 6.67. The second-order valence-corrected chi connectivity index (χ2v) is 12.0. The molecule has 0 spiro atoms. The first-order valence-electron chi connectivity index (χ1n) is 13.7. The Morgan fingerprint density at radius 2 is 1.95 bits per heavy atom. The van der Waals surface area contributed by atoms with Gasteiger partial charge in [0, 0.05) is 4.88 Å². The van der Waals surface area contributed by atoms with Gasteiger partial charge in [-0.05, 0) is 103 Å². The average molecular weight is 549 g/mol. The SMILES string of the molecule is CC/C(=C\c1cc(C)c(O)c(C)c1)CC[C@H]1OB(O)C[C@H]2C1=C(CO)C[C@H]1C(=O)N(Cc3cccs3)C(=O)[C@H]12. The molecule has 3 N–H and O–H groups in total. The molecule has 0 unspecified atom stereocenters. The van der Waals surface area contributed by atoms with Crippen molar-refractivity contribution in [3.8, 4) is 5.75 Å². The number of thiophene rings is 1. The maximum absolute atomic E-state index is 13.6. The zero-order valence-corrected chi connectivity index (χ0v) is 23.5. The third kappa shape index (κ3) is 5.37. The summed E-state index contributed by atoms with van der Waals surface area (Å²) in [4.78, 5) is 29.3. The van der Waals surface area contributed by atoms with Crippen LogP contribution >= 0.6 is 11.3 Å². The second kappa shape index (κ2) is 11.4. The number of carbonyl (C=O) groups excluding carboxylic acids is 2. The molecule has 206 valence electrons. The van der Waals surface area contributed by atoms with Gasteiger partial charge >= 0.3 is 7.12 Å². The number of aliphatic hydroxyl groups is 1. The summed E-state index contributed by atoms with van der Waals surface area (Å²) in [6.45, 7) is 5.94. The Labute approximate surface area is 234 Å². The van der Waals surface area contributed by atoms with E-state index in [-0.39, 0.29) is 37.2 Å². The van der Waals surface area contributed by atoms with Crippen molar-refractivity contribution in [2.24, 2.45) is 17.8 Å². The largest absolute Gasteiger partial charge is 0.507 e. The lowest BCUT2D eigenvalue weighted by Crippen LogP contribution is -2.46. The molecule has 4 atom stereocenters. The molecule has 7 nitrogen and oxygen atoms in total. The Morgan fingerprint density at radius 1 is 1.21 bits per heavy atom. The van der Waals surface area contributed by atoms with Crippen LogP contribution in [-0.4, -0.2) is 51.8 Å². The fourth-order valence-corrected chi connectivity index (χ4v) is 7.36. The zero-order chi connectivity index (χ0) is 27.8. The van der Waals surface area contributed by atoms with Gasteiger partial charge in [0.2, 0.25) is 11.8 Å². The van der Waals surface area contributed by atoms with Gasteiger partial charge < -0.3 is 19.9 Å². The van der Waals surface area contributed by atoms with Gasteiger partial charge in [-0.2, -0.15) is 0 Å². The molecule has 9 heteroatoms. The molecule has 39 heavy (non-hydrogen) atoms. The number of allylic oxidation sites excluding steroid dienone is 1. The van der Waals surface area contributed by atoms with E-state index in [0.717, 1.165) is 39.1 Å². The molecule has 3 aliphatic rings. The van der Waals surface area contributed by atoms with Crippen LogP contribution in [0.25, 0.3) is 6.08 Å². The van der Waals surface area contributed by atoms with E-state index in [1.807, 2.05) is 43.5 Å². The number of imide groups is 1. The summed E-state index contributed by atoms with van der Waals surface area (Å²) >= 11 is 1.52. The van der Waals surface area contributed by atoms with Gasteiger partial charge in [-0.3, -0.25) is 14.5 Å². The number of hydrogen-bond acceptors (Lipinski definition) is 7. The van der Waals surface area contributed by atoms with E-state index in [1.165, 1.54) is 21.8 Å². The molecule has 0 bridgehead atoms. The molecule has 0 saturated carbocycles. The van der Waals surface area contributed by atoms with Crippen molar-refractivity contribution in [1.82, 2.24) is 4.90 Å². The van der Waals surface area contributed by atoms with E-state index in [9.17, 15) is 24.8 Å². The minimum Gasteiger partial charge on any atom is -0.507 e. The first kappa shape index (κ1) is 27.8. The average Bonchev–Trinajstić information content (AvgIpc) is 3.51. The van der Waals surface area contributed by atoms with Gasteiger partial charge in [0.1, 0.15) is 5.75 Å². The molecule has 1 aromatic carbocycles. The molecule has 3 heterocycles. The van der Waals surface area contributed by atoms with Crippen LogP contribution in [0.3, 0.4) is 0 Å². The number of aliphatic hydroxyl groups excluding tert-OH is 1. The predicted octanol–water partition coefficient (Wildman–Crippen LogP) is 4.63. The zero-order valence-electron chi connectivity index (χ0n) is 22.7. The number of benzene rings is 1. The Bertz CT molecular complexity index is 1300. The van der Waals surface area contributed by atoms with Gasteiger partial charge in [-0.15, -0.1) is 11.3 Å². The van der Waals surface area contributed by atoms with Crippen LogP contribution in [0.2, 0.25) is 6.32 Å². The molecule has 2 saturated heterocycles. The van der Waals surface area contributed by atoms with Crippen LogP contribution in [0.5, 0.6) is 5.75 Å². The minimum atomic E-state index is -1.03. The van der Waals surface area contributed by atoms with Crippen LogP contribution < -0.4 is 0 Å². The summed E-state index contributed by atoms with van der Waals surface area (Å²) < 4.78 is 6.03. The van der Waals surface area contributed by atoms with E-state index in [4.69, 9.17) is 4.65 Å². The highest BCUT2D eigenvalue weighted by Gasteiger charge is 2.57. The first-order valence-corrected chi connectivity index (χ1v) is 14.6. The third-order valence-corrected chi connectivity index (χ3v) is 9.41. The van der Waals surface area contributed by atoms with Gasteiger partial charge in [0.25, 0.3) is 0 Å². The summed E-state index contributed by atoms with van der Waals surface area (Å²) in [6.07, 6.45) is 4.43. The van der Waals surface area contributed by atoms with Crippen molar-refractivity contribution in [3.05, 3.63) is 67.9 Å². The molecular weight excluding hydrogens is 513 g/mol. The number of aromatic hydroxyl groups is 1. The number of hydrogen-bond donors (Lipinski definition) is 3. The smallest absolute Gasteiger partial charge is 0.455 e. The molecule has 1 aliphatic carbocycles. The van der Waals surface area contributed by atoms with E-state index in [0.29, 0.717) is 25.0 Å². The van der Waals surface area contributed by atoms with E-state index >= 15 is 0 Å². The molecule has 2 amide bonds. The van der Waals surface area contributed by atoms with E-state index in [2.05, 4.69) is 13.0 Å². The normalized spacial score (nSPS) is 25.4. The van der Waals surface area contributed by atoms with Crippen molar-refractivity contribution in [3.63, 3.8) is 0 Å². The number of aryl methyl sites for hydroxylation is 2. The van der Waals surface area contributed by atoms with Crippen LogP contribution in [0, 0.1) is 31.6 Å². The quantitative estimate of drug-likeness (QED) is 0.252. The highest BCUT2D eigenvalue weighted by atomic mass is 32.1. The molecule has 2 fully saturated rings. The third-order valence-electron chi connectivity index (χ3n) is 8.55. The number of rotatable bonds is 8. The number of fused-ring (bicyclic) bond motifs is 3. The number of amides is 2. The van der Waals surface area contributed by atoms with E-state index < -0.39 is 25.1 Å². The lowest BCUT2D eigenvalue weighted by atomic mass is 9.58. The summed E-state index contributed by atoms with van der Waals surface area (Å²) in [7, 11) is -1.03. The monoisotopic (exact) mass is 549 g/mol. The van der Waals surface area contributed by atoms with Crippen LogP contribution in [0.4, 0.5) is 0 Å². The Balaban J connectivity index is 1.39. The summed E-state index contributed by atoms with van der Waals surface area (Å²) in [5, 5.41) is 33.1. The highest BCUT2D eigenvalue weighted by Crippen LogP contribution is 2.50. The van der Waals surface area contributed by atoms with E-state index in [1.54, 1.807) is 0 Å². The molecule has 0 radical (unpaired) electrons. The number of nitrogens with zero attached hydrogens (tertiary/aromatic N) is 1. The maximum atomic E-state index is 13.6. The Morgan fingerprint density at radius 3 is 2.59 bits per heavy atom. The molecular formula is C30H36BNO6S. The summed E-state index contributed by atoms with van der Waals surface area (Å²) in [6, 6.07) is 7.76. The number of phenols is 1. The van der Waals surface area contributed by atoms with Crippen LogP contribution in [-0.2, 0) is 20.8 Å². The van der Waals surface area contributed by atoms with Crippen molar-refractivity contribution in [2.45, 2.75) is 65.4 Å². The lowest BCUT2D eigenvalue weighted by Gasteiger charge is -2.43. The lowest BCUT2D eigenvalue weighted by molar-refractivity contribution is -0.140. The Kier molecular flexibility index (Phi) is 8.15. The minimum absolute atomic E-state index is 0.182. The molecule has 2 aliphatic heterocycles. The van der Waals surface area contributed by atoms with Crippen molar-refractivity contribution >= 4 is 36.3 Å². The van der Waals surface area contributed by atoms with Gasteiger partial charge in [-0.1, -0.05) is 24.6 Å². The van der Waals surface area contributed by atoms with Crippen molar-refractivity contribution in [1.29, 1.82) is 0 Å². The van der Waals surface area contributed by atoms with Gasteiger partial charge in [-0.25, -0.2) is 0 Å². The number of phenolic OH excluding ortho intramolecular Hbond substituents is 1. The number of likely N-dealkylation sites (tertiary alicyclic amines) is 1. The maximum Gasteiger partial charge on any atom is 0.455 e. The predicted molar refractivity (Wildman–Crippen MR) is 152 cm³/mol. The van der Waals surface area contributed by atoms with Gasteiger partial charge in [0.15, 0.2) is 0 Å². The summed E-state index contributed by atoms with van der Waals surface area (Å²) in [5.74, 6) is -1.43. The molecule has 2 aromatic rings. The fraction of sp³-hybridized carbons (Fsp3) is 0.467. The Hall–Kier alpha value is -2.72. The molecule has 1 aromatic heterocycles. The number of carbonyl (C=O) groups is 2. The van der Waals surface area contributed by atoms with Crippen molar-refractivity contribution in [2.75, 3.05) is 6.61 Å². The molecule has 5 rings (SSSR count). The van der Waals surface area contributed by atoms with Gasteiger partial charge in [0.05, 0.1) is 31.1 Å². The van der Waals surface area contributed by atoms with Crippen molar-refractivity contribution < 1.29 is 29.5 Å². The van der Waals surface area contributed by atoms with Crippen LogP contribution in [0.15, 0.2) is 46.4 Å². The topological polar surface area (TPSA) is 107 Å². The highest BCUT2D eigenvalue weighted by molar-refractivity contribution is 7.09.